The van der Waals surface area contributed by atoms with Gasteiger partial charge in [0, 0.05) is 66.7 Å². The molecule has 73 heavy (non-hydrogen) atoms. The largest absolute Gasteiger partial charge is 0.489 e. The number of aromatic amines is 1. The smallest absolute Gasteiger partial charge is 0.297 e. The van der Waals surface area contributed by atoms with Crippen molar-refractivity contribution in [2.24, 2.45) is 11.3 Å². The van der Waals surface area contributed by atoms with Crippen LogP contribution in [0, 0.1) is 21.4 Å². The van der Waals surface area contributed by atoms with E-state index in [1.807, 2.05) is 26.1 Å². The Morgan fingerprint density at radius 2 is 1.77 bits per heavy atom. The van der Waals surface area contributed by atoms with Crippen LogP contribution in [0.5, 0.6) is 23.1 Å². The molecule has 1 spiro atoms. The first-order valence-electron chi connectivity index (χ1n) is 26.3. The van der Waals surface area contributed by atoms with Crippen LogP contribution in [-0.2, 0) is 10.0 Å². The van der Waals surface area contributed by atoms with Gasteiger partial charge in [-0.3, -0.25) is 24.7 Å². The number of hydrogen-bond acceptors (Lipinski definition) is 14. The molecule has 2 aliphatic carbocycles. The van der Waals surface area contributed by atoms with Crippen LogP contribution < -0.4 is 29.1 Å². The summed E-state index contributed by atoms with van der Waals surface area (Å²) < 4.78 is 49.6. The first-order valence-corrected chi connectivity index (χ1v) is 27.7. The molecule has 11 rings (SSSR count). The second-order valence-corrected chi connectivity index (χ2v) is 24.0. The van der Waals surface area contributed by atoms with Crippen molar-refractivity contribution in [1.82, 2.24) is 24.5 Å². The van der Waals surface area contributed by atoms with Gasteiger partial charge in [-0.05, 0) is 150 Å². The van der Waals surface area contributed by atoms with Gasteiger partial charge in [-0.15, -0.1) is 0 Å². The first kappa shape index (κ1) is 49.3. The summed E-state index contributed by atoms with van der Waals surface area (Å²) in [5.74, 6) is 0.157. The maximum absolute atomic E-state index is 14.5. The highest BCUT2D eigenvalue weighted by atomic mass is 32.2. The minimum Gasteiger partial charge on any atom is -0.489 e. The van der Waals surface area contributed by atoms with Gasteiger partial charge >= 0.3 is 0 Å². The zero-order chi connectivity index (χ0) is 50.8. The predicted molar refractivity (Wildman–Crippen MR) is 278 cm³/mol. The molecule has 3 atom stereocenters. The number of carbonyl (C=O) groups is 1. The van der Waals surface area contributed by atoms with Crippen molar-refractivity contribution in [2.45, 2.75) is 132 Å². The minimum atomic E-state index is -4.71. The number of nitrogens with one attached hydrogen (secondary N) is 3. The fraction of sp³-hybridized carbons (Fsp3) is 0.527. The lowest BCUT2D eigenvalue weighted by Crippen LogP contribution is -2.54. The monoisotopic (exact) mass is 1020 g/mol. The Morgan fingerprint density at radius 3 is 2.49 bits per heavy atom. The number of piperidine rings is 1. The number of nitro groups is 1. The van der Waals surface area contributed by atoms with Crippen LogP contribution in [0.2, 0.25) is 0 Å². The van der Waals surface area contributed by atoms with Crippen LogP contribution in [0.4, 0.5) is 17.1 Å². The minimum absolute atomic E-state index is 0.00360. The maximum Gasteiger partial charge on any atom is 0.297 e. The van der Waals surface area contributed by atoms with Crippen LogP contribution in [0.15, 0.2) is 77.8 Å². The van der Waals surface area contributed by atoms with Crippen molar-refractivity contribution >= 4 is 44.0 Å². The standard InChI is InChI=1S/C55H68N8O9S/c1-34(2)41-8-5-6-9-42(41)45-10-7-22-62(45)39-30-55(31-39)19-24-61(25-20-55)37-11-12-43(47(27-37)72-49-26-36-15-21-56-51(36)58-53(49)71-32-38-16-23-60(38)4)52(64)59-73(68,69)40-28-46(63(66)67)50-48(29-40)70-33-44(57-50)35-13-17-54(3,65)18-14-35/h5-6,8-9,11-12,15,21,26-29,34-35,38-39,44-45,57,65H,7,10,13-14,16-20,22-25,30-33H2,1-4H3,(H,56,58)(H,59,64)/t35-,38-,44+,45?,54-/m0/s1. The number of sulfonamides is 1. The summed E-state index contributed by atoms with van der Waals surface area (Å²) in [6.07, 6.45) is 12.2. The van der Waals surface area contributed by atoms with E-state index < -0.39 is 37.0 Å². The average Bonchev–Trinajstić information content (AvgIpc) is 4.04. The Bertz CT molecular complexity index is 3010. The Balaban J connectivity index is 0.841. The SMILES string of the molecule is CC(C)c1ccccc1C1CCCN1C1CC2(CCN(c3ccc(C(=O)NS(=O)(=O)c4cc5c(c([N+](=O)[O-])c4)N[C@@H]([C@H]4CC[C@](C)(O)CC4)CO5)c(Oc4cc5cc[nH]c5nc4OC[C@@H]4CCN4C)c3)CC2)C1. The summed E-state index contributed by atoms with van der Waals surface area (Å²) in [6.45, 7) is 10.6. The first-order chi connectivity index (χ1) is 35.0. The molecule has 1 unspecified atom stereocenters. The molecule has 4 aliphatic heterocycles. The fourth-order valence-electron chi connectivity index (χ4n) is 12.6. The number of likely N-dealkylation sites (N-methyl/N-ethyl adjacent to an activating group) is 1. The van der Waals surface area contributed by atoms with Gasteiger partial charge in [0.25, 0.3) is 27.5 Å². The highest BCUT2D eigenvalue weighted by Crippen LogP contribution is 2.55. The van der Waals surface area contributed by atoms with E-state index >= 15 is 0 Å². The third-order valence-corrected chi connectivity index (χ3v) is 18.5. The normalized spacial score (nSPS) is 25.4. The number of aliphatic hydroxyl groups is 1. The number of aromatic nitrogens is 2. The molecule has 5 aromatic rings. The van der Waals surface area contributed by atoms with Crippen LogP contribution >= 0.6 is 0 Å². The van der Waals surface area contributed by atoms with Crippen molar-refractivity contribution < 1.29 is 37.5 Å². The van der Waals surface area contributed by atoms with E-state index in [9.17, 15) is 28.4 Å². The van der Waals surface area contributed by atoms with E-state index in [0.29, 0.717) is 55.9 Å². The Morgan fingerprint density at radius 1 is 0.986 bits per heavy atom. The number of nitrogens with zero attached hydrogens (tertiary/aromatic N) is 5. The zero-order valence-electron chi connectivity index (χ0n) is 42.3. The summed E-state index contributed by atoms with van der Waals surface area (Å²) in [5.41, 5.74) is 3.40. The zero-order valence-corrected chi connectivity index (χ0v) is 43.1. The number of amides is 1. The number of ether oxygens (including phenoxy) is 3. The summed E-state index contributed by atoms with van der Waals surface area (Å²) in [4.78, 5) is 41.0. The number of likely N-dealkylation sites (tertiary alicyclic amines) is 2. The van der Waals surface area contributed by atoms with Gasteiger partial charge in [0.15, 0.2) is 17.2 Å². The van der Waals surface area contributed by atoms with Gasteiger partial charge in [-0.2, -0.15) is 4.98 Å². The number of rotatable bonds is 14. The van der Waals surface area contributed by atoms with Gasteiger partial charge in [-0.25, -0.2) is 13.1 Å². The number of H-pyrrole nitrogens is 1. The number of benzene rings is 3. The molecule has 17 nitrogen and oxygen atoms in total. The van der Waals surface area contributed by atoms with Crippen LogP contribution in [-0.4, -0.2) is 114 Å². The van der Waals surface area contributed by atoms with Crippen molar-refractivity contribution in [3.8, 4) is 23.1 Å². The highest BCUT2D eigenvalue weighted by Gasteiger charge is 2.50. The molecule has 2 aromatic heterocycles. The fourth-order valence-corrected chi connectivity index (χ4v) is 13.6. The summed E-state index contributed by atoms with van der Waals surface area (Å²) >= 11 is 0. The molecular formula is C55H68N8O9S. The number of hydrogen-bond donors (Lipinski definition) is 4. The molecule has 6 aliphatic rings. The van der Waals surface area contributed by atoms with Gasteiger partial charge in [-0.1, -0.05) is 38.1 Å². The molecule has 2 saturated carbocycles. The number of nitro benzene ring substituents is 1. The molecule has 4 N–H and O–H groups in total. The van der Waals surface area contributed by atoms with Crippen molar-refractivity contribution in [1.29, 1.82) is 0 Å². The molecule has 6 heterocycles. The van der Waals surface area contributed by atoms with Gasteiger partial charge in [0.05, 0.1) is 27.0 Å². The molecule has 3 aromatic carbocycles. The molecule has 5 fully saturated rings. The number of anilines is 2. The lowest BCUT2D eigenvalue weighted by molar-refractivity contribution is -0.384. The van der Waals surface area contributed by atoms with Gasteiger partial charge < -0.3 is 34.5 Å². The third-order valence-electron chi connectivity index (χ3n) is 17.2. The van der Waals surface area contributed by atoms with E-state index in [4.69, 9.17) is 19.2 Å². The van der Waals surface area contributed by atoms with E-state index in [0.717, 1.165) is 62.6 Å². The van der Waals surface area contributed by atoms with E-state index in [1.165, 1.54) is 42.9 Å². The second kappa shape index (κ2) is 19.4. The summed E-state index contributed by atoms with van der Waals surface area (Å²) in [6, 6.07) is 20.9. The van der Waals surface area contributed by atoms with E-state index in [1.54, 1.807) is 24.4 Å². The van der Waals surface area contributed by atoms with Crippen molar-refractivity contribution in [2.75, 3.05) is 56.7 Å². The molecule has 1 amide bonds. The Kier molecular flexibility index (Phi) is 13.1. The summed E-state index contributed by atoms with van der Waals surface area (Å²) in [5, 5.41) is 27.0. The predicted octanol–water partition coefficient (Wildman–Crippen LogP) is 9.29. The lowest BCUT2D eigenvalue weighted by Gasteiger charge is -2.56. The van der Waals surface area contributed by atoms with Crippen LogP contribution in [0.3, 0.4) is 0 Å². The van der Waals surface area contributed by atoms with E-state index in [2.05, 4.69) is 67.8 Å². The average molecular weight is 1020 g/mol. The van der Waals surface area contributed by atoms with Crippen molar-refractivity contribution in [3.63, 3.8) is 0 Å². The van der Waals surface area contributed by atoms with Crippen LogP contribution in [0.1, 0.15) is 125 Å². The Hall–Kier alpha value is -5.95. The molecule has 0 radical (unpaired) electrons. The van der Waals surface area contributed by atoms with Gasteiger partial charge in [0.1, 0.15) is 24.6 Å². The molecule has 0 bridgehead atoms. The molecule has 18 heteroatoms. The molecular weight excluding hydrogens is 949 g/mol. The van der Waals surface area contributed by atoms with Gasteiger partial charge in [0.2, 0.25) is 0 Å². The third kappa shape index (κ3) is 9.83. The molecule has 388 valence electrons. The molecule has 3 saturated heterocycles. The maximum atomic E-state index is 14.5. The van der Waals surface area contributed by atoms with Crippen molar-refractivity contribution in [3.05, 3.63) is 99.7 Å². The Labute approximate surface area is 427 Å². The highest BCUT2D eigenvalue weighted by molar-refractivity contribution is 7.90. The summed E-state index contributed by atoms with van der Waals surface area (Å²) in [7, 11) is -2.68. The number of pyridine rings is 1. The second-order valence-electron chi connectivity index (χ2n) is 22.4. The van der Waals surface area contributed by atoms with E-state index in [-0.39, 0.29) is 64.4 Å². The number of carbonyl (C=O) groups excluding carboxylic acids is 1. The number of fused-ring (bicyclic) bond motifs is 2. The van der Waals surface area contributed by atoms with Crippen LogP contribution in [0.25, 0.3) is 11.0 Å². The quantitative estimate of drug-likeness (QED) is 0.0605. The lowest BCUT2D eigenvalue weighted by atomic mass is 9.59. The topological polar surface area (TPSA) is 205 Å².